The van der Waals surface area contributed by atoms with Crippen LogP contribution < -0.4 is 0 Å². The number of likely N-dealkylation sites (tertiary alicyclic amines) is 1. The van der Waals surface area contributed by atoms with Crippen molar-refractivity contribution in [1.29, 1.82) is 0 Å². The number of hydrogen-bond acceptors (Lipinski definition) is 5. The van der Waals surface area contributed by atoms with Crippen molar-refractivity contribution in [1.82, 2.24) is 15.1 Å². The van der Waals surface area contributed by atoms with Gasteiger partial charge in [0.05, 0.1) is 6.54 Å². The second kappa shape index (κ2) is 6.24. The third-order valence-electron chi connectivity index (χ3n) is 3.40. The van der Waals surface area contributed by atoms with Crippen LogP contribution in [0, 0.1) is 12.8 Å². The molecule has 6 heteroatoms. The van der Waals surface area contributed by atoms with Gasteiger partial charge in [-0.1, -0.05) is 0 Å². The minimum absolute atomic E-state index is 0.306. The molecule has 5 nitrogen and oxygen atoms in total. The van der Waals surface area contributed by atoms with Crippen LogP contribution in [-0.4, -0.2) is 39.3 Å². The number of aryl methyl sites for hydroxylation is 1. The monoisotopic (exact) mass is 269 g/mol. The minimum atomic E-state index is -0.679. The SMILES string of the molecule is Cc1nnc(CN2CCC(CCC(=O)O)CC2)s1. The van der Waals surface area contributed by atoms with Gasteiger partial charge < -0.3 is 5.11 Å². The molecule has 1 aromatic rings. The van der Waals surface area contributed by atoms with Gasteiger partial charge in [-0.25, -0.2) is 0 Å². The van der Waals surface area contributed by atoms with Gasteiger partial charge >= 0.3 is 5.97 Å². The Morgan fingerprint density at radius 1 is 1.44 bits per heavy atom. The molecule has 1 N–H and O–H groups in total. The van der Waals surface area contributed by atoms with Gasteiger partial charge in [0, 0.05) is 6.42 Å². The summed E-state index contributed by atoms with van der Waals surface area (Å²) in [7, 11) is 0. The summed E-state index contributed by atoms with van der Waals surface area (Å²) in [5.41, 5.74) is 0. The molecule has 2 heterocycles. The van der Waals surface area contributed by atoms with E-state index in [1.54, 1.807) is 11.3 Å². The number of piperidine rings is 1. The highest BCUT2D eigenvalue weighted by atomic mass is 32.1. The van der Waals surface area contributed by atoms with Crippen molar-refractivity contribution in [2.75, 3.05) is 13.1 Å². The topological polar surface area (TPSA) is 66.3 Å². The van der Waals surface area contributed by atoms with Crippen LogP contribution in [-0.2, 0) is 11.3 Å². The van der Waals surface area contributed by atoms with Crippen LogP contribution in [0.2, 0.25) is 0 Å². The van der Waals surface area contributed by atoms with E-state index < -0.39 is 5.97 Å². The first kappa shape index (κ1) is 13.4. The van der Waals surface area contributed by atoms with E-state index in [9.17, 15) is 4.79 Å². The third kappa shape index (κ3) is 4.03. The summed E-state index contributed by atoms with van der Waals surface area (Å²) >= 11 is 1.65. The molecule has 0 spiro atoms. The van der Waals surface area contributed by atoms with Crippen LogP contribution in [0.5, 0.6) is 0 Å². The summed E-state index contributed by atoms with van der Waals surface area (Å²) in [4.78, 5) is 12.9. The van der Waals surface area contributed by atoms with E-state index in [-0.39, 0.29) is 0 Å². The fourth-order valence-electron chi connectivity index (χ4n) is 2.35. The largest absolute Gasteiger partial charge is 0.481 e. The summed E-state index contributed by atoms with van der Waals surface area (Å²) in [6.45, 7) is 4.95. The minimum Gasteiger partial charge on any atom is -0.481 e. The molecule has 1 fully saturated rings. The van der Waals surface area contributed by atoms with Gasteiger partial charge in [0.1, 0.15) is 10.0 Å². The zero-order chi connectivity index (χ0) is 13.0. The fourth-order valence-corrected chi connectivity index (χ4v) is 3.10. The summed E-state index contributed by atoms with van der Waals surface area (Å²) in [6, 6.07) is 0. The summed E-state index contributed by atoms with van der Waals surface area (Å²) < 4.78 is 0. The zero-order valence-corrected chi connectivity index (χ0v) is 11.4. The average molecular weight is 269 g/mol. The lowest BCUT2D eigenvalue weighted by atomic mass is 9.92. The Bertz CT molecular complexity index is 400. The normalized spacial score (nSPS) is 18.1. The number of carboxylic acids is 1. The molecule has 0 radical (unpaired) electrons. The van der Waals surface area contributed by atoms with Crippen LogP contribution in [0.3, 0.4) is 0 Å². The lowest BCUT2D eigenvalue weighted by Gasteiger charge is -2.30. The van der Waals surface area contributed by atoms with Gasteiger partial charge in [0.2, 0.25) is 0 Å². The number of nitrogens with zero attached hydrogens (tertiary/aromatic N) is 3. The predicted molar refractivity (Wildman–Crippen MR) is 69.5 cm³/mol. The molecule has 1 aromatic heterocycles. The lowest BCUT2D eigenvalue weighted by Crippen LogP contribution is -2.33. The van der Waals surface area contributed by atoms with Gasteiger partial charge in [0.15, 0.2) is 0 Å². The fraction of sp³-hybridized carbons (Fsp3) is 0.750. The highest BCUT2D eigenvalue weighted by Gasteiger charge is 2.20. The second-order valence-corrected chi connectivity index (χ2v) is 6.13. The molecule has 1 aliphatic rings. The summed E-state index contributed by atoms with van der Waals surface area (Å²) in [6.07, 6.45) is 3.33. The first-order valence-corrected chi connectivity index (χ1v) is 7.18. The van der Waals surface area contributed by atoms with Gasteiger partial charge in [0.25, 0.3) is 0 Å². The zero-order valence-electron chi connectivity index (χ0n) is 10.6. The van der Waals surface area contributed by atoms with E-state index in [2.05, 4.69) is 15.1 Å². The van der Waals surface area contributed by atoms with Crippen LogP contribution in [0.25, 0.3) is 0 Å². The second-order valence-electron chi connectivity index (χ2n) is 4.87. The maximum Gasteiger partial charge on any atom is 0.303 e. The van der Waals surface area contributed by atoms with E-state index in [0.29, 0.717) is 12.3 Å². The molecule has 0 aromatic carbocycles. The van der Waals surface area contributed by atoms with Crippen LogP contribution in [0.1, 0.15) is 35.7 Å². The van der Waals surface area contributed by atoms with Crippen molar-refractivity contribution in [3.8, 4) is 0 Å². The van der Waals surface area contributed by atoms with E-state index in [0.717, 1.165) is 48.9 Å². The third-order valence-corrected chi connectivity index (χ3v) is 4.22. The Kier molecular flexibility index (Phi) is 4.66. The molecule has 18 heavy (non-hydrogen) atoms. The first-order valence-electron chi connectivity index (χ1n) is 6.36. The number of hydrogen-bond donors (Lipinski definition) is 1. The van der Waals surface area contributed by atoms with E-state index in [1.807, 2.05) is 6.92 Å². The van der Waals surface area contributed by atoms with Gasteiger partial charge in [-0.2, -0.15) is 0 Å². The molecule has 0 unspecified atom stereocenters. The predicted octanol–water partition coefficient (Wildman–Crippen LogP) is 1.92. The van der Waals surface area contributed by atoms with Crippen molar-refractivity contribution in [3.05, 3.63) is 10.0 Å². The first-order chi connectivity index (χ1) is 8.63. The number of aromatic nitrogens is 2. The highest BCUT2D eigenvalue weighted by Crippen LogP contribution is 2.23. The molecule has 0 saturated carbocycles. The smallest absolute Gasteiger partial charge is 0.303 e. The van der Waals surface area contributed by atoms with Crippen molar-refractivity contribution in [2.45, 2.75) is 39.2 Å². The Balaban J connectivity index is 1.71. The number of carbonyl (C=O) groups is 1. The molecule has 0 atom stereocenters. The molecular weight excluding hydrogens is 250 g/mol. The lowest BCUT2D eigenvalue weighted by molar-refractivity contribution is -0.137. The van der Waals surface area contributed by atoms with E-state index in [1.165, 1.54) is 0 Å². The summed E-state index contributed by atoms with van der Waals surface area (Å²) in [5, 5.41) is 18.9. The Morgan fingerprint density at radius 3 is 2.72 bits per heavy atom. The number of carboxylic acid groups (broad SMARTS) is 1. The Labute approximate surface area is 111 Å². The van der Waals surface area contributed by atoms with Crippen molar-refractivity contribution in [3.63, 3.8) is 0 Å². The van der Waals surface area contributed by atoms with Crippen LogP contribution >= 0.6 is 11.3 Å². The molecular formula is C12H19N3O2S. The molecule has 0 bridgehead atoms. The van der Waals surface area contributed by atoms with E-state index >= 15 is 0 Å². The van der Waals surface area contributed by atoms with Gasteiger partial charge in [-0.3, -0.25) is 9.69 Å². The Hall–Kier alpha value is -1.01. The Morgan fingerprint density at radius 2 is 2.17 bits per heavy atom. The average Bonchev–Trinajstić information content (AvgIpc) is 2.74. The van der Waals surface area contributed by atoms with Crippen LogP contribution in [0.4, 0.5) is 0 Å². The van der Waals surface area contributed by atoms with Gasteiger partial charge in [-0.05, 0) is 45.2 Å². The quantitative estimate of drug-likeness (QED) is 0.884. The summed E-state index contributed by atoms with van der Waals surface area (Å²) in [5.74, 6) is -0.102. The maximum absolute atomic E-state index is 10.5. The molecule has 2 rings (SSSR count). The standard InChI is InChI=1S/C12H19N3O2S/c1-9-13-14-11(18-9)8-15-6-4-10(5-7-15)2-3-12(16)17/h10H,2-8H2,1H3,(H,16,17). The van der Waals surface area contributed by atoms with Crippen molar-refractivity contribution in [2.24, 2.45) is 5.92 Å². The number of rotatable bonds is 5. The van der Waals surface area contributed by atoms with Crippen molar-refractivity contribution < 1.29 is 9.90 Å². The van der Waals surface area contributed by atoms with Crippen LogP contribution in [0.15, 0.2) is 0 Å². The molecule has 0 amide bonds. The maximum atomic E-state index is 10.5. The molecule has 0 aliphatic carbocycles. The van der Waals surface area contributed by atoms with Crippen molar-refractivity contribution >= 4 is 17.3 Å². The molecule has 1 aliphatic heterocycles. The highest BCUT2D eigenvalue weighted by molar-refractivity contribution is 7.11. The molecule has 1 saturated heterocycles. The van der Waals surface area contributed by atoms with E-state index in [4.69, 9.17) is 5.11 Å². The molecule has 100 valence electrons. The van der Waals surface area contributed by atoms with Gasteiger partial charge in [-0.15, -0.1) is 21.5 Å². The number of aliphatic carboxylic acids is 1.